The molecule has 1 rings (SSSR count). The van der Waals surface area contributed by atoms with E-state index in [0.717, 1.165) is 11.8 Å². The average Bonchev–Trinajstić information content (AvgIpc) is 2.53. The second-order valence-electron chi connectivity index (χ2n) is 5.17. The quantitative estimate of drug-likeness (QED) is 0.414. The number of nitrogens with zero attached hydrogens (tertiary/aromatic N) is 1. The highest BCUT2D eigenvalue weighted by atomic mass is 32.2. The lowest BCUT2D eigenvalue weighted by Gasteiger charge is -2.14. The van der Waals surface area contributed by atoms with Gasteiger partial charge in [0.15, 0.2) is 0 Å². The third-order valence-corrected chi connectivity index (χ3v) is 4.48. The van der Waals surface area contributed by atoms with Crippen molar-refractivity contribution in [2.45, 2.75) is 24.6 Å². The third-order valence-electron chi connectivity index (χ3n) is 3.21. The Hall–Kier alpha value is -2.62. The van der Waals surface area contributed by atoms with E-state index < -0.39 is 34.1 Å². The Balaban J connectivity index is 2.80. The predicted molar refractivity (Wildman–Crippen MR) is 90.3 cm³/mol. The van der Waals surface area contributed by atoms with Crippen LogP contribution in [0.15, 0.2) is 24.3 Å². The molecular formula is C15H18N2O7S. The topological polar surface area (TPSA) is 147 Å². The zero-order valence-corrected chi connectivity index (χ0v) is 14.2. The van der Waals surface area contributed by atoms with E-state index >= 15 is 0 Å². The summed E-state index contributed by atoms with van der Waals surface area (Å²) in [6.45, 7) is 0.965. The van der Waals surface area contributed by atoms with Gasteiger partial charge in [0.05, 0.1) is 11.7 Å². The molecule has 0 heterocycles. The van der Waals surface area contributed by atoms with Gasteiger partial charge in [0, 0.05) is 16.2 Å². The van der Waals surface area contributed by atoms with E-state index in [4.69, 9.17) is 10.2 Å². The van der Waals surface area contributed by atoms with E-state index in [-0.39, 0.29) is 24.3 Å². The number of thioether (sulfide) groups is 1. The van der Waals surface area contributed by atoms with Crippen LogP contribution in [0.25, 0.3) is 0 Å². The van der Waals surface area contributed by atoms with Crippen LogP contribution in [0, 0.1) is 10.1 Å². The zero-order chi connectivity index (χ0) is 19.0. The molecule has 136 valence electrons. The Morgan fingerprint density at radius 3 is 2.32 bits per heavy atom. The standard InChI is InChI=1S/C15H18N2O7S/c1-9(15(21)22)16-14(20)11-4-2-10(3-5-11)12(8-17(23)24)25-7-6-13(18)19/h2-5,9,12H,6-8H2,1H3,(H,16,20)(H,18,19)(H,21,22)/t9-,12+/m1/s1. The van der Waals surface area contributed by atoms with Gasteiger partial charge in [-0.3, -0.25) is 24.5 Å². The summed E-state index contributed by atoms with van der Waals surface area (Å²) in [7, 11) is 0. The lowest BCUT2D eigenvalue weighted by atomic mass is 10.1. The molecule has 0 aromatic heterocycles. The number of rotatable bonds is 10. The van der Waals surface area contributed by atoms with Crippen LogP contribution in [-0.2, 0) is 9.59 Å². The van der Waals surface area contributed by atoms with E-state index in [1.54, 1.807) is 12.1 Å². The molecule has 25 heavy (non-hydrogen) atoms. The molecule has 0 fully saturated rings. The molecular weight excluding hydrogens is 352 g/mol. The Morgan fingerprint density at radius 1 is 1.24 bits per heavy atom. The van der Waals surface area contributed by atoms with Crippen LogP contribution in [0.2, 0.25) is 0 Å². The van der Waals surface area contributed by atoms with Crippen LogP contribution in [0.4, 0.5) is 0 Å². The molecule has 0 saturated carbocycles. The fourth-order valence-electron chi connectivity index (χ4n) is 1.87. The van der Waals surface area contributed by atoms with Crippen LogP contribution in [0.5, 0.6) is 0 Å². The van der Waals surface area contributed by atoms with Crippen LogP contribution < -0.4 is 5.32 Å². The third kappa shape index (κ3) is 7.21. The summed E-state index contributed by atoms with van der Waals surface area (Å²) >= 11 is 1.16. The molecule has 3 N–H and O–H groups in total. The Morgan fingerprint density at radius 2 is 1.84 bits per heavy atom. The van der Waals surface area contributed by atoms with Gasteiger partial charge in [-0.2, -0.15) is 0 Å². The SMILES string of the molecule is C[C@@H](NC(=O)c1ccc([C@H](C[N+](=O)[O-])SCCC(=O)O)cc1)C(=O)O. The van der Waals surface area contributed by atoms with E-state index in [1.165, 1.54) is 19.1 Å². The molecule has 9 nitrogen and oxygen atoms in total. The second kappa shape index (κ2) is 9.62. The lowest BCUT2D eigenvalue weighted by molar-refractivity contribution is -0.479. The lowest BCUT2D eigenvalue weighted by Crippen LogP contribution is -2.38. The minimum absolute atomic E-state index is 0.105. The number of benzene rings is 1. The first kappa shape index (κ1) is 20.4. The molecule has 0 bridgehead atoms. The summed E-state index contributed by atoms with van der Waals surface area (Å²) in [4.78, 5) is 43.5. The monoisotopic (exact) mass is 370 g/mol. The van der Waals surface area contributed by atoms with Crippen molar-refractivity contribution in [2.24, 2.45) is 0 Å². The largest absolute Gasteiger partial charge is 0.481 e. The maximum absolute atomic E-state index is 11.9. The van der Waals surface area contributed by atoms with Crippen molar-refractivity contribution in [1.82, 2.24) is 5.32 Å². The molecule has 1 aromatic carbocycles. The molecule has 0 saturated heterocycles. The number of aliphatic carboxylic acids is 2. The van der Waals surface area contributed by atoms with Crippen LogP contribution >= 0.6 is 11.8 Å². The van der Waals surface area contributed by atoms with Gasteiger partial charge in [-0.15, -0.1) is 11.8 Å². The first-order chi connectivity index (χ1) is 11.7. The van der Waals surface area contributed by atoms with Crippen molar-refractivity contribution in [2.75, 3.05) is 12.3 Å². The minimum Gasteiger partial charge on any atom is -0.481 e. The highest BCUT2D eigenvalue weighted by Crippen LogP contribution is 2.29. The number of hydrogen-bond acceptors (Lipinski definition) is 6. The zero-order valence-electron chi connectivity index (χ0n) is 13.4. The first-order valence-electron chi connectivity index (χ1n) is 7.29. The van der Waals surface area contributed by atoms with E-state index in [2.05, 4.69) is 5.32 Å². The van der Waals surface area contributed by atoms with E-state index in [9.17, 15) is 24.5 Å². The van der Waals surface area contributed by atoms with Crippen molar-refractivity contribution >= 4 is 29.6 Å². The highest BCUT2D eigenvalue weighted by Gasteiger charge is 2.20. The summed E-state index contributed by atoms with van der Waals surface area (Å²) in [5.41, 5.74) is 0.821. The van der Waals surface area contributed by atoms with Crippen LogP contribution in [0.1, 0.15) is 34.5 Å². The van der Waals surface area contributed by atoms with Gasteiger partial charge < -0.3 is 15.5 Å². The maximum Gasteiger partial charge on any atom is 0.325 e. The summed E-state index contributed by atoms with van der Waals surface area (Å²) in [5, 5.41) is 30.0. The fraction of sp³-hybridized carbons (Fsp3) is 0.400. The van der Waals surface area contributed by atoms with E-state index in [1.807, 2.05) is 0 Å². The fourth-order valence-corrected chi connectivity index (χ4v) is 3.02. The van der Waals surface area contributed by atoms with Gasteiger partial charge in [-0.25, -0.2) is 0 Å². The molecule has 1 amide bonds. The minimum atomic E-state index is -1.16. The van der Waals surface area contributed by atoms with Gasteiger partial charge in [0.2, 0.25) is 6.54 Å². The first-order valence-corrected chi connectivity index (χ1v) is 8.34. The molecule has 0 aliphatic carbocycles. The molecule has 1 aromatic rings. The number of nitrogens with one attached hydrogen (secondary N) is 1. The predicted octanol–water partition coefficient (Wildman–Crippen LogP) is 1.42. The number of carboxylic acids is 2. The Kier molecular flexibility index (Phi) is 7.86. The maximum atomic E-state index is 11.9. The number of amides is 1. The van der Waals surface area contributed by atoms with Gasteiger partial charge in [-0.1, -0.05) is 12.1 Å². The molecule has 0 aliphatic rings. The smallest absolute Gasteiger partial charge is 0.325 e. The van der Waals surface area contributed by atoms with Crippen molar-refractivity contribution in [1.29, 1.82) is 0 Å². The normalized spacial score (nSPS) is 12.8. The van der Waals surface area contributed by atoms with Crippen molar-refractivity contribution in [3.63, 3.8) is 0 Å². The number of carbonyl (C=O) groups is 3. The van der Waals surface area contributed by atoms with Crippen molar-refractivity contribution in [3.05, 3.63) is 45.5 Å². The second-order valence-corrected chi connectivity index (χ2v) is 6.48. The number of carboxylic acid groups (broad SMARTS) is 2. The number of nitro groups is 1. The Bertz CT molecular complexity index is 648. The van der Waals surface area contributed by atoms with Crippen LogP contribution in [-0.4, -0.2) is 51.3 Å². The van der Waals surface area contributed by atoms with Gasteiger partial charge in [-0.05, 0) is 24.6 Å². The molecule has 0 unspecified atom stereocenters. The number of hydrogen-bond donors (Lipinski definition) is 3. The van der Waals surface area contributed by atoms with Gasteiger partial charge in [0.25, 0.3) is 5.91 Å². The van der Waals surface area contributed by atoms with Crippen LogP contribution in [0.3, 0.4) is 0 Å². The van der Waals surface area contributed by atoms with Crippen molar-refractivity contribution < 1.29 is 29.5 Å². The average molecular weight is 370 g/mol. The molecule has 0 radical (unpaired) electrons. The molecule has 0 spiro atoms. The summed E-state index contributed by atoms with van der Waals surface area (Å²) in [6, 6.07) is 4.94. The summed E-state index contributed by atoms with van der Waals surface area (Å²) in [5.74, 6) is -2.48. The van der Waals surface area contributed by atoms with Crippen molar-refractivity contribution in [3.8, 4) is 0 Å². The van der Waals surface area contributed by atoms with Gasteiger partial charge >= 0.3 is 11.9 Å². The summed E-state index contributed by atoms with van der Waals surface area (Å²) < 4.78 is 0. The summed E-state index contributed by atoms with van der Waals surface area (Å²) in [6.07, 6.45) is -0.105. The highest BCUT2D eigenvalue weighted by molar-refractivity contribution is 7.99. The molecule has 2 atom stereocenters. The molecule has 0 aliphatic heterocycles. The number of carbonyl (C=O) groups excluding carboxylic acids is 1. The van der Waals surface area contributed by atoms with Gasteiger partial charge in [0.1, 0.15) is 6.04 Å². The van der Waals surface area contributed by atoms with E-state index in [0.29, 0.717) is 5.56 Å². The molecule has 10 heteroatoms. The Labute approximate surface area is 147 Å².